The van der Waals surface area contributed by atoms with Crippen LogP contribution in [0.5, 0.6) is 0 Å². The van der Waals surface area contributed by atoms with E-state index in [0.717, 1.165) is 0 Å². The molecular weight excluding hydrogens is 332 g/mol. The summed E-state index contributed by atoms with van der Waals surface area (Å²) in [4.78, 5) is 24.2. The summed E-state index contributed by atoms with van der Waals surface area (Å²) >= 11 is 0. The first-order valence-electron chi connectivity index (χ1n) is 7.33. The van der Waals surface area contributed by atoms with E-state index in [9.17, 15) is 27.7 Å². The molecule has 0 aromatic carbocycles. The smallest absolute Gasteiger partial charge is 0.310 e. The maximum atomic E-state index is 12.2. The monoisotopic (exact) mass is 349 g/mol. The van der Waals surface area contributed by atoms with E-state index < -0.39 is 64.8 Å². The van der Waals surface area contributed by atoms with Gasteiger partial charge in [-0.25, -0.2) is 8.42 Å². The topological polar surface area (TPSA) is 139 Å². The van der Waals surface area contributed by atoms with Crippen LogP contribution in [0.3, 0.4) is 0 Å². The molecule has 1 heterocycles. The molecule has 10 heteroatoms. The van der Waals surface area contributed by atoms with E-state index in [4.69, 9.17) is 14.2 Å². The lowest BCUT2D eigenvalue weighted by Crippen LogP contribution is -2.44. The lowest BCUT2D eigenvalue weighted by atomic mass is 9.78. The van der Waals surface area contributed by atoms with Gasteiger partial charge in [0, 0.05) is 11.8 Å². The Hall–Kier alpha value is -1.23. The number of rotatable bonds is 6. The fourth-order valence-electron chi connectivity index (χ4n) is 4.06. The van der Waals surface area contributed by atoms with Crippen LogP contribution in [0.1, 0.15) is 13.3 Å². The maximum Gasteiger partial charge on any atom is 0.310 e. The molecule has 1 aliphatic heterocycles. The minimum absolute atomic E-state index is 0.169. The van der Waals surface area contributed by atoms with Crippen LogP contribution in [-0.4, -0.2) is 60.9 Å². The Bertz CT molecular complexity index is 613. The molecule has 7 unspecified atom stereocenters. The lowest BCUT2D eigenvalue weighted by molar-refractivity contribution is -0.179. The molecule has 0 spiro atoms. The largest absolute Gasteiger partial charge is 0.748 e. The number of carbonyl (C=O) groups excluding carboxylic acids is 2. The number of aliphatic hydroxyl groups is 1. The molecule has 9 nitrogen and oxygen atoms in total. The van der Waals surface area contributed by atoms with Crippen LogP contribution in [0.25, 0.3) is 0 Å². The molecule has 3 fully saturated rings. The Labute approximate surface area is 132 Å². The molecule has 3 rings (SSSR count). The minimum atomic E-state index is -4.48. The third-order valence-corrected chi connectivity index (χ3v) is 5.42. The van der Waals surface area contributed by atoms with E-state index in [1.165, 1.54) is 6.92 Å². The van der Waals surface area contributed by atoms with Crippen molar-refractivity contribution in [3.05, 3.63) is 0 Å². The van der Waals surface area contributed by atoms with E-state index >= 15 is 0 Å². The van der Waals surface area contributed by atoms with Gasteiger partial charge in [-0.05, 0) is 13.3 Å². The molecule has 1 N–H and O–H groups in total. The van der Waals surface area contributed by atoms with Crippen molar-refractivity contribution in [1.29, 1.82) is 0 Å². The zero-order valence-corrected chi connectivity index (χ0v) is 13.1. The van der Waals surface area contributed by atoms with E-state index in [1.54, 1.807) is 0 Å². The van der Waals surface area contributed by atoms with Crippen molar-refractivity contribution < 1.29 is 41.9 Å². The number of hydrogen-bond acceptors (Lipinski definition) is 9. The molecule has 0 aromatic heterocycles. The molecule has 2 saturated carbocycles. The van der Waals surface area contributed by atoms with Crippen molar-refractivity contribution in [2.24, 2.45) is 23.7 Å². The fourth-order valence-corrected chi connectivity index (χ4v) is 4.35. The summed E-state index contributed by atoms with van der Waals surface area (Å²) in [5, 5.41) is 9.41. The third-order valence-electron chi connectivity index (χ3n) is 4.75. The summed E-state index contributed by atoms with van der Waals surface area (Å²) in [6.07, 6.45) is -1.60. The summed E-state index contributed by atoms with van der Waals surface area (Å²) in [5.74, 6) is -3.99. The Morgan fingerprint density at radius 3 is 2.78 bits per heavy atom. The first-order valence-corrected chi connectivity index (χ1v) is 8.91. The molecule has 7 atom stereocenters. The number of aliphatic hydroxyl groups excluding tert-OH is 1. The van der Waals surface area contributed by atoms with Gasteiger partial charge in [0.05, 0.1) is 27.7 Å². The molecular formula is C13H17O9S-. The first kappa shape index (κ1) is 16.6. The fraction of sp³-hybridized carbons (Fsp3) is 0.846. The molecule has 0 radical (unpaired) electrons. The standard InChI is InChI=1S/C13H18O9S/c1-5(14)21-10-6-4-7-9(13(16)22-11(7)10)8(6)12(15)20-2-3-23(17,18)19/h5-11,14H,2-4H2,1H3,(H,17,18,19)/p-1. The van der Waals surface area contributed by atoms with Gasteiger partial charge in [0.25, 0.3) is 0 Å². The van der Waals surface area contributed by atoms with Crippen molar-refractivity contribution in [1.82, 2.24) is 0 Å². The van der Waals surface area contributed by atoms with Crippen LogP contribution >= 0.6 is 0 Å². The van der Waals surface area contributed by atoms with Crippen LogP contribution in [0.4, 0.5) is 0 Å². The highest BCUT2D eigenvalue weighted by Gasteiger charge is 2.69. The van der Waals surface area contributed by atoms with Crippen molar-refractivity contribution in [2.75, 3.05) is 12.4 Å². The Kier molecular flexibility index (Phi) is 4.11. The Balaban J connectivity index is 1.71. The van der Waals surface area contributed by atoms with Gasteiger partial charge in [-0.15, -0.1) is 0 Å². The van der Waals surface area contributed by atoms with E-state index in [-0.39, 0.29) is 11.8 Å². The predicted molar refractivity (Wildman–Crippen MR) is 70.5 cm³/mol. The van der Waals surface area contributed by atoms with E-state index in [2.05, 4.69) is 0 Å². The second-order valence-corrected chi connectivity index (χ2v) is 7.67. The van der Waals surface area contributed by atoms with Gasteiger partial charge in [-0.3, -0.25) is 9.59 Å². The molecule has 1 saturated heterocycles. The van der Waals surface area contributed by atoms with Crippen molar-refractivity contribution >= 4 is 22.1 Å². The molecule has 2 aliphatic carbocycles. The summed E-state index contributed by atoms with van der Waals surface area (Å²) in [6, 6.07) is 0. The number of esters is 2. The number of ether oxygens (including phenoxy) is 3. The minimum Gasteiger partial charge on any atom is -0.748 e. The molecule has 3 aliphatic rings. The van der Waals surface area contributed by atoms with Crippen LogP contribution in [-0.2, 0) is 33.9 Å². The number of hydrogen-bond donors (Lipinski definition) is 1. The predicted octanol–water partition coefficient (Wildman–Crippen LogP) is -1.39. The summed E-state index contributed by atoms with van der Waals surface area (Å²) in [7, 11) is -4.48. The summed E-state index contributed by atoms with van der Waals surface area (Å²) < 4.78 is 47.1. The lowest BCUT2D eigenvalue weighted by Gasteiger charge is -2.31. The van der Waals surface area contributed by atoms with Gasteiger partial charge in [0.2, 0.25) is 0 Å². The SMILES string of the molecule is CC(O)OC1C2CC3C1OC(=O)C3C2C(=O)OCCS(=O)(=O)[O-]. The summed E-state index contributed by atoms with van der Waals surface area (Å²) in [6.45, 7) is 0.873. The molecule has 2 bridgehead atoms. The molecule has 130 valence electrons. The van der Waals surface area contributed by atoms with Crippen LogP contribution in [0.2, 0.25) is 0 Å². The average molecular weight is 349 g/mol. The van der Waals surface area contributed by atoms with Gasteiger partial charge in [0.15, 0.2) is 6.29 Å². The molecule has 23 heavy (non-hydrogen) atoms. The van der Waals surface area contributed by atoms with E-state index in [0.29, 0.717) is 6.42 Å². The quantitative estimate of drug-likeness (QED) is 0.348. The van der Waals surface area contributed by atoms with E-state index in [1.807, 2.05) is 0 Å². The highest BCUT2D eigenvalue weighted by molar-refractivity contribution is 7.85. The van der Waals surface area contributed by atoms with Gasteiger partial charge in [0.1, 0.15) is 18.8 Å². The van der Waals surface area contributed by atoms with Crippen molar-refractivity contribution in [3.63, 3.8) is 0 Å². The van der Waals surface area contributed by atoms with Gasteiger partial charge in [-0.1, -0.05) is 0 Å². The third kappa shape index (κ3) is 2.95. The first-order chi connectivity index (χ1) is 10.7. The number of carbonyl (C=O) groups is 2. The van der Waals surface area contributed by atoms with Crippen molar-refractivity contribution in [2.45, 2.75) is 31.8 Å². The van der Waals surface area contributed by atoms with Crippen LogP contribution in [0.15, 0.2) is 0 Å². The van der Waals surface area contributed by atoms with Crippen LogP contribution < -0.4 is 0 Å². The maximum absolute atomic E-state index is 12.2. The normalized spacial score (nSPS) is 39.3. The van der Waals surface area contributed by atoms with Gasteiger partial charge in [-0.2, -0.15) is 0 Å². The second-order valence-electron chi connectivity index (χ2n) is 6.15. The molecule has 0 amide bonds. The summed E-state index contributed by atoms with van der Waals surface area (Å²) in [5.41, 5.74) is 0. The zero-order chi connectivity index (χ0) is 16.9. The highest BCUT2D eigenvalue weighted by atomic mass is 32.2. The van der Waals surface area contributed by atoms with Gasteiger partial charge >= 0.3 is 11.9 Å². The Morgan fingerprint density at radius 1 is 1.48 bits per heavy atom. The highest BCUT2D eigenvalue weighted by Crippen LogP contribution is 2.59. The molecule has 0 aromatic rings. The van der Waals surface area contributed by atoms with Crippen LogP contribution in [0, 0.1) is 23.7 Å². The van der Waals surface area contributed by atoms with Crippen molar-refractivity contribution in [3.8, 4) is 0 Å². The average Bonchev–Trinajstić information content (AvgIpc) is 2.99. The zero-order valence-electron chi connectivity index (χ0n) is 12.3. The Morgan fingerprint density at radius 2 is 2.17 bits per heavy atom. The number of fused-ring (bicyclic) bond motifs is 1. The second kappa shape index (κ2) is 5.69. The van der Waals surface area contributed by atoms with Gasteiger partial charge < -0.3 is 23.9 Å².